The van der Waals surface area contributed by atoms with Gasteiger partial charge in [0.2, 0.25) is 6.41 Å². The number of amides is 1. The van der Waals surface area contributed by atoms with E-state index in [0.29, 0.717) is 17.0 Å². The lowest BCUT2D eigenvalue weighted by molar-refractivity contribution is -0.109. The summed E-state index contributed by atoms with van der Waals surface area (Å²) in [6, 6.07) is 13.2. The van der Waals surface area contributed by atoms with Crippen molar-refractivity contribution in [3.63, 3.8) is 0 Å². The summed E-state index contributed by atoms with van der Waals surface area (Å²) >= 11 is 12.4. The lowest BCUT2D eigenvalue weighted by Crippen LogP contribution is -2.25. The summed E-state index contributed by atoms with van der Waals surface area (Å²) in [6.07, 6.45) is 6.29. The van der Waals surface area contributed by atoms with Crippen LogP contribution >= 0.6 is 23.2 Å². The molecule has 2 aromatic carbocycles. The molecule has 1 unspecified atom stereocenters. The Balaban J connectivity index is 0.00000109. The first-order chi connectivity index (χ1) is 20.0. The Hall–Kier alpha value is -2.80. The number of halogens is 3. The van der Waals surface area contributed by atoms with Crippen LogP contribution in [0.3, 0.4) is 0 Å². The largest absolute Gasteiger partial charge is 0.406 e. The fourth-order valence-corrected chi connectivity index (χ4v) is 4.35. The summed E-state index contributed by atoms with van der Waals surface area (Å²) < 4.78 is 15.6. The highest BCUT2D eigenvalue weighted by atomic mass is 35.5. The van der Waals surface area contributed by atoms with Crippen molar-refractivity contribution in [3.8, 4) is 0 Å². The molecule has 1 heterocycles. The van der Waals surface area contributed by atoms with Gasteiger partial charge in [-0.1, -0.05) is 94.1 Å². The average Bonchev–Trinajstić information content (AvgIpc) is 3.29. The van der Waals surface area contributed by atoms with Gasteiger partial charge in [-0.3, -0.25) is 4.79 Å². The molecule has 8 heteroatoms. The molecule has 0 aliphatic carbocycles. The highest BCUT2D eigenvalue weighted by Crippen LogP contribution is 2.33. The molecule has 1 amide bonds. The second-order valence-corrected chi connectivity index (χ2v) is 10.5. The molecule has 0 saturated carbocycles. The second-order valence-electron chi connectivity index (χ2n) is 9.69. The number of hydrogen-bond acceptors (Lipinski definition) is 3. The molecule has 0 aliphatic rings. The number of nitrogens with zero attached hydrogens (tertiary/aromatic N) is 2. The predicted molar refractivity (Wildman–Crippen MR) is 180 cm³/mol. The minimum atomic E-state index is -0.534. The molecular formula is C34H50Cl2FN3O2. The van der Waals surface area contributed by atoms with Gasteiger partial charge in [0.05, 0.1) is 10.7 Å². The number of carbonyl (C=O) groups is 1. The smallest absolute Gasteiger partial charge is 0.207 e. The zero-order valence-electron chi connectivity index (χ0n) is 27.0. The molecule has 0 spiro atoms. The number of aromatic nitrogens is 1. The molecule has 1 aromatic heterocycles. The SMILES string of the molecule is CC.CC/C(=C\c1c(C)ccn1OC(C)c1c(Cl)ccc(F)c1Cl)c1cccc(C)c1.CCC.CN(C)CCNC=O. The van der Waals surface area contributed by atoms with Gasteiger partial charge in [-0.05, 0) is 82.3 Å². The summed E-state index contributed by atoms with van der Waals surface area (Å²) in [7, 11) is 3.93. The van der Waals surface area contributed by atoms with Crippen LogP contribution in [-0.4, -0.2) is 43.2 Å². The Bertz CT molecular complexity index is 1230. The van der Waals surface area contributed by atoms with E-state index in [2.05, 4.69) is 63.4 Å². The average molecular weight is 623 g/mol. The Morgan fingerprint density at radius 2 is 1.74 bits per heavy atom. The minimum absolute atomic E-state index is 0.0139. The van der Waals surface area contributed by atoms with Gasteiger partial charge < -0.3 is 15.1 Å². The molecule has 3 rings (SSSR count). The number of likely N-dealkylation sites (N-methyl/N-ethyl adjacent to an activating group) is 1. The molecule has 0 radical (unpaired) electrons. The fourth-order valence-electron chi connectivity index (χ4n) is 3.67. The van der Waals surface area contributed by atoms with Gasteiger partial charge in [-0.25, -0.2) is 4.39 Å². The van der Waals surface area contributed by atoms with Crippen molar-refractivity contribution >= 4 is 41.3 Å². The van der Waals surface area contributed by atoms with E-state index < -0.39 is 11.9 Å². The lowest BCUT2D eigenvalue weighted by atomic mass is 10.00. The van der Waals surface area contributed by atoms with Gasteiger partial charge in [0.25, 0.3) is 0 Å². The van der Waals surface area contributed by atoms with Crippen LogP contribution in [0.5, 0.6) is 0 Å². The highest BCUT2D eigenvalue weighted by molar-refractivity contribution is 6.36. The molecule has 42 heavy (non-hydrogen) atoms. The van der Waals surface area contributed by atoms with Gasteiger partial charge in [0, 0.05) is 29.9 Å². The third-order valence-corrected chi connectivity index (χ3v) is 6.44. The first kappa shape index (κ1) is 39.2. The van der Waals surface area contributed by atoms with Crippen molar-refractivity contribution in [3.05, 3.63) is 92.5 Å². The number of rotatable bonds is 10. The van der Waals surface area contributed by atoms with E-state index in [9.17, 15) is 9.18 Å². The van der Waals surface area contributed by atoms with E-state index in [0.717, 1.165) is 30.8 Å². The van der Waals surface area contributed by atoms with E-state index in [4.69, 9.17) is 28.0 Å². The summed E-state index contributed by atoms with van der Waals surface area (Å²) in [5, 5.41) is 2.92. The summed E-state index contributed by atoms with van der Waals surface area (Å²) in [5.41, 5.74) is 6.04. The minimum Gasteiger partial charge on any atom is -0.406 e. The lowest BCUT2D eigenvalue weighted by Gasteiger charge is -2.20. The molecule has 5 nitrogen and oxygen atoms in total. The van der Waals surface area contributed by atoms with Crippen molar-refractivity contribution in [1.29, 1.82) is 0 Å². The standard InChI is InChI=1S/C24H24Cl2FNO.C5H12N2O.C3H8.C2H6/c1-5-18(19-8-6-7-15(2)13-19)14-22-16(3)11-12-28(22)29-17(4)23-20(25)9-10-21(27)24(23)26;1-7(2)4-3-6-5-8;1-3-2;1-2/h6-14,17H,5H2,1-4H3;5H,3-4H2,1-2H3,(H,6,8);3H2,1-2H3;1-2H3/b18-14+;;;. The topological polar surface area (TPSA) is 46.5 Å². The molecule has 0 aliphatic heterocycles. The van der Waals surface area contributed by atoms with Crippen molar-refractivity contribution in [2.75, 3.05) is 27.2 Å². The molecule has 234 valence electrons. The molecule has 1 atom stereocenters. The van der Waals surface area contributed by atoms with E-state index >= 15 is 0 Å². The van der Waals surface area contributed by atoms with E-state index in [1.807, 2.05) is 52.0 Å². The summed E-state index contributed by atoms with van der Waals surface area (Å²) in [5.74, 6) is -0.516. The van der Waals surface area contributed by atoms with Crippen LogP contribution in [0.2, 0.25) is 10.0 Å². The predicted octanol–water partition coefficient (Wildman–Crippen LogP) is 9.43. The van der Waals surface area contributed by atoms with Crippen LogP contribution in [0.15, 0.2) is 48.7 Å². The number of carbonyl (C=O) groups excluding carboxylic acids is 1. The highest BCUT2D eigenvalue weighted by Gasteiger charge is 2.20. The zero-order chi connectivity index (χ0) is 32.2. The third kappa shape index (κ3) is 13.5. The molecule has 0 bridgehead atoms. The maximum absolute atomic E-state index is 13.9. The molecular weight excluding hydrogens is 572 g/mol. The van der Waals surface area contributed by atoms with E-state index in [1.165, 1.54) is 35.3 Å². The van der Waals surface area contributed by atoms with Crippen LogP contribution in [0.4, 0.5) is 4.39 Å². The molecule has 0 fully saturated rings. The Kier molecular flexibility index (Phi) is 20.4. The maximum atomic E-state index is 13.9. The van der Waals surface area contributed by atoms with E-state index in [1.54, 1.807) is 11.7 Å². The van der Waals surface area contributed by atoms with Crippen LogP contribution in [0.1, 0.15) is 88.4 Å². The van der Waals surface area contributed by atoms with E-state index in [-0.39, 0.29) is 5.02 Å². The number of aryl methyl sites for hydroxylation is 2. The Morgan fingerprint density at radius 3 is 2.29 bits per heavy atom. The summed E-state index contributed by atoms with van der Waals surface area (Å²) in [4.78, 5) is 17.8. The third-order valence-electron chi connectivity index (χ3n) is 5.73. The van der Waals surface area contributed by atoms with Gasteiger partial charge in [-0.15, -0.1) is 0 Å². The second kappa shape index (κ2) is 21.8. The van der Waals surface area contributed by atoms with Gasteiger partial charge >= 0.3 is 0 Å². The summed E-state index contributed by atoms with van der Waals surface area (Å²) in [6.45, 7) is 17.9. The van der Waals surface area contributed by atoms with Crippen LogP contribution < -0.4 is 10.2 Å². The number of nitrogens with one attached hydrogen (secondary N) is 1. The normalized spacial score (nSPS) is 11.2. The Morgan fingerprint density at radius 1 is 1.10 bits per heavy atom. The monoisotopic (exact) mass is 621 g/mol. The van der Waals surface area contributed by atoms with Crippen molar-refractivity contribution in [2.45, 2.75) is 74.3 Å². The Labute approximate surface area is 263 Å². The van der Waals surface area contributed by atoms with Crippen LogP contribution in [0.25, 0.3) is 11.6 Å². The number of benzene rings is 2. The van der Waals surface area contributed by atoms with Crippen LogP contribution in [0, 0.1) is 19.7 Å². The molecule has 3 aromatic rings. The van der Waals surface area contributed by atoms with Crippen LogP contribution in [-0.2, 0) is 4.79 Å². The van der Waals surface area contributed by atoms with Crippen molar-refractivity contribution < 1.29 is 14.0 Å². The molecule has 1 N–H and O–H groups in total. The maximum Gasteiger partial charge on any atom is 0.207 e. The van der Waals surface area contributed by atoms with Crippen molar-refractivity contribution in [2.24, 2.45) is 0 Å². The quantitative estimate of drug-likeness (QED) is 0.139. The first-order valence-corrected chi connectivity index (χ1v) is 15.3. The van der Waals surface area contributed by atoms with Gasteiger partial charge in [-0.2, -0.15) is 4.73 Å². The zero-order valence-corrected chi connectivity index (χ0v) is 28.5. The number of hydrogen-bond donors (Lipinski definition) is 1. The first-order valence-electron chi connectivity index (χ1n) is 14.6. The van der Waals surface area contributed by atoms with Crippen molar-refractivity contribution in [1.82, 2.24) is 14.9 Å². The molecule has 0 saturated heterocycles. The van der Waals surface area contributed by atoms with Gasteiger partial charge in [0.1, 0.15) is 5.82 Å². The fraction of sp³-hybridized carbons (Fsp3) is 0.441. The number of allylic oxidation sites excluding steroid dienone is 1. The van der Waals surface area contributed by atoms with Gasteiger partial charge in [0.15, 0.2) is 6.10 Å².